The summed E-state index contributed by atoms with van der Waals surface area (Å²) in [5, 5.41) is 7.85. The van der Waals surface area contributed by atoms with E-state index in [4.69, 9.17) is 0 Å². The van der Waals surface area contributed by atoms with Crippen LogP contribution in [0.1, 0.15) is 39.4 Å². The van der Waals surface area contributed by atoms with Crippen molar-refractivity contribution >= 4 is 5.52 Å². The van der Waals surface area contributed by atoms with Gasteiger partial charge in [-0.25, -0.2) is 0 Å². The summed E-state index contributed by atoms with van der Waals surface area (Å²) in [5.41, 5.74) is -0.259. The molecule has 2 aromatic heterocycles. The normalized spacial score (nSPS) is 22.5. The molecule has 0 spiro atoms. The van der Waals surface area contributed by atoms with Crippen molar-refractivity contribution < 1.29 is 4.39 Å². The molecular formula is C15H21FN4O. The minimum atomic E-state index is -0.498. The number of nitrogens with zero attached hydrogens (tertiary/aromatic N) is 3. The van der Waals surface area contributed by atoms with E-state index < -0.39 is 5.95 Å². The zero-order valence-corrected chi connectivity index (χ0v) is 12.7. The third-order valence-electron chi connectivity index (χ3n) is 4.13. The molecule has 1 atom stereocenters. The van der Waals surface area contributed by atoms with Crippen LogP contribution in [-0.2, 0) is 12.1 Å². The standard InChI is InChI=1S/C15H21FN4O/c1-10(2)9-19-13(21)11-5-6-12(16)20(11)18-14(19)15(3)7-4-8-17-15/h5-6,10,17H,4,7-9H2,1-3H3. The largest absolute Gasteiger partial charge is 0.305 e. The molecule has 1 aliphatic heterocycles. The monoisotopic (exact) mass is 292 g/mol. The maximum Gasteiger partial charge on any atom is 0.278 e. The fraction of sp³-hybridized carbons (Fsp3) is 0.600. The minimum Gasteiger partial charge on any atom is -0.305 e. The van der Waals surface area contributed by atoms with Crippen LogP contribution in [0, 0.1) is 11.9 Å². The second-order valence-electron chi connectivity index (χ2n) is 6.45. The van der Waals surface area contributed by atoms with Crippen molar-refractivity contribution in [3.05, 3.63) is 34.3 Å². The van der Waals surface area contributed by atoms with Gasteiger partial charge in [-0.2, -0.15) is 8.91 Å². The first-order valence-corrected chi connectivity index (χ1v) is 7.46. The summed E-state index contributed by atoms with van der Waals surface area (Å²) in [6.45, 7) is 7.63. The number of rotatable bonds is 3. The van der Waals surface area contributed by atoms with Crippen LogP contribution in [0.3, 0.4) is 0 Å². The van der Waals surface area contributed by atoms with Crippen LogP contribution >= 0.6 is 0 Å². The lowest BCUT2D eigenvalue weighted by Gasteiger charge is -2.27. The number of halogens is 1. The number of aromatic nitrogens is 3. The lowest BCUT2D eigenvalue weighted by atomic mass is 9.99. The third kappa shape index (κ3) is 2.27. The van der Waals surface area contributed by atoms with Gasteiger partial charge in [0, 0.05) is 6.54 Å². The second kappa shape index (κ2) is 4.94. The molecule has 2 aromatic rings. The van der Waals surface area contributed by atoms with Crippen LogP contribution in [0.4, 0.5) is 4.39 Å². The average molecular weight is 292 g/mol. The molecule has 0 bridgehead atoms. The van der Waals surface area contributed by atoms with Crippen molar-refractivity contribution in [3.8, 4) is 0 Å². The molecule has 5 nitrogen and oxygen atoms in total. The van der Waals surface area contributed by atoms with E-state index in [1.807, 2.05) is 6.92 Å². The summed E-state index contributed by atoms with van der Waals surface area (Å²) in [5.74, 6) is 0.443. The van der Waals surface area contributed by atoms with Gasteiger partial charge in [0.2, 0.25) is 5.95 Å². The molecule has 0 amide bonds. The van der Waals surface area contributed by atoms with E-state index in [0.29, 0.717) is 23.8 Å². The Bertz CT molecular complexity index is 725. The zero-order valence-electron chi connectivity index (χ0n) is 12.7. The molecule has 1 saturated heterocycles. The van der Waals surface area contributed by atoms with Gasteiger partial charge in [0.25, 0.3) is 5.56 Å². The molecule has 21 heavy (non-hydrogen) atoms. The smallest absolute Gasteiger partial charge is 0.278 e. The fourth-order valence-corrected chi connectivity index (χ4v) is 3.08. The van der Waals surface area contributed by atoms with Crippen LogP contribution in [0.2, 0.25) is 0 Å². The highest BCUT2D eigenvalue weighted by molar-refractivity contribution is 5.44. The highest BCUT2D eigenvalue weighted by atomic mass is 19.1. The Hall–Kier alpha value is -1.69. The lowest BCUT2D eigenvalue weighted by molar-refractivity contribution is 0.348. The maximum atomic E-state index is 13.8. The van der Waals surface area contributed by atoms with Gasteiger partial charge in [-0.05, 0) is 44.4 Å². The number of nitrogens with one attached hydrogen (secondary N) is 1. The first-order valence-electron chi connectivity index (χ1n) is 7.46. The van der Waals surface area contributed by atoms with Gasteiger partial charge in [-0.3, -0.25) is 9.36 Å². The second-order valence-corrected chi connectivity index (χ2v) is 6.45. The van der Waals surface area contributed by atoms with Crippen LogP contribution in [0.25, 0.3) is 5.52 Å². The van der Waals surface area contributed by atoms with Gasteiger partial charge >= 0.3 is 0 Å². The van der Waals surface area contributed by atoms with Gasteiger partial charge in [0.15, 0.2) is 5.82 Å². The summed E-state index contributed by atoms with van der Waals surface area (Å²) < 4.78 is 16.7. The minimum absolute atomic E-state index is 0.174. The van der Waals surface area contributed by atoms with Crippen molar-refractivity contribution in [3.63, 3.8) is 0 Å². The molecule has 1 unspecified atom stereocenters. The molecule has 3 rings (SSSR count). The molecule has 1 aliphatic rings. The quantitative estimate of drug-likeness (QED) is 0.940. The maximum absolute atomic E-state index is 13.8. The van der Waals surface area contributed by atoms with Gasteiger partial charge in [-0.15, -0.1) is 5.10 Å². The molecule has 6 heteroatoms. The lowest BCUT2D eigenvalue weighted by Crippen LogP contribution is -2.42. The van der Waals surface area contributed by atoms with E-state index in [2.05, 4.69) is 24.3 Å². The van der Waals surface area contributed by atoms with Crippen LogP contribution < -0.4 is 10.9 Å². The van der Waals surface area contributed by atoms with E-state index >= 15 is 0 Å². The molecule has 114 valence electrons. The summed E-state index contributed by atoms with van der Waals surface area (Å²) in [6.07, 6.45) is 1.92. The Morgan fingerprint density at radius 3 is 2.86 bits per heavy atom. The van der Waals surface area contributed by atoms with Gasteiger partial charge < -0.3 is 5.32 Å². The summed E-state index contributed by atoms with van der Waals surface area (Å²) in [6, 6.07) is 2.79. The Balaban J connectivity index is 2.29. The van der Waals surface area contributed by atoms with Crippen molar-refractivity contribution in [2.45, 2.75) is 45.7 Å². The predicted molar refractivity (Wildman–Crippen MR) is 78.8 cm³/mol. The number of hydrogen-bond donors (Lipinski definition) is 1. The molecule has 3 heterocycles. The van der Waals surface area contributed by atoms with Crippen LogP contribution in [0.15, 0.2) is 16.9 Å². The number of hydrogen-bond acceptors (Lipinski definition) is 3. The van der Waals surface area contributed by atoms with Gasteiger partial charge in [0.05, 0.1) is 5.54 Å². The first kappa shape index (κ1) is 14.3. The van der Waals surface area contributed by atoms with Gasteiger partial charge in [-0.1, -0.05) is 13.8 Å². The zero-order chi connectivity index (χ0) is 15.2. The van der Waals surface area contributed by atoms with E-state index in [0.717, 1.165) is 23.9 Å². The van der Waals surface area contributed by atoms with E-state index in [-0.39, 0.29) is 11.1 Å². The third-order valence-corrected chi connectivity index (χ3v) is 4.13. The molecule has 1 fully saturated rings. The number of fused-ring (bicyclic) bond motifs is 1. The molecular weight excluding hydrogens is 271 g/mol. The Morgan fingerprint density at radius 2 is 2.24 bits per heavy atom. The topological polar surface area (TPSA) is 51.3 Å². The van der Waals surface area contributed by atoms with Gasteiger partial charge in [0.1, 0.15) is 5.52 Å². The van der Waals surface area contributed by atoms with Crippen LogP contribution in [-0.4, -0.2) is 20.7 Å². The predicted octanol–water partition coefficient (Wildman–Crippen LogP) is 1.89. The Labute approximate surface area is 122 Å². The van der Waals surface area contributed by atoms with E-state index in [1.54, 1.807) is 4.57 Å². The molecule has 1 N–H and O–H groups in total. The van der Waals surface area contributed by atoms with E-state index in [9.17, 15) is 9.18 Å². The SMILES string of the molecule is CC(C)Cn1c(C2(C)CCCN2)nn2c(F)ccc2c1=O. The first-order chi connectivity index (χ1) is 9.92. The average Bonchev–Trinajstić information content (AvgIpc) is 3.00. The van der Waals surface area contributed by atoms with Crippen molar-refractivity contribution in [1.29, 1.82) is 0 Å². The molecule has 0 aliphatic carbocycles. The Kier molecular flexibility index (Phi) is 3.36. The van der Waals surface area contributed by atoms with Crippen molar-refractivity contribution in [1.82, 2.24) is 19.5 Å². The van der Waals surface area contributed by atoms with Crippen molar-refractivity contribution in [2.75, 3.05) is 6.54 Å². The highest BCUT2D eigenvalue weighted by Crippen LogP contribution is 2.28. The summed E-state index contributed by atoms with van der Waals surface area (Å²) in [4.78, 5) is 12.7. The van der Waals surface area contributed by atoms with Crippen molar-refractivity contribution in [2.24, 2.45) is 5.92 Å². The molecule has 0 radical (unpaired) electrons. The summed E-state index contributed by atoms with van der Waals surface area (Å²) >= 11 is 0. The highest BCUT2D eigenvalue weighted by Gasteiger charge is 2.35. The molecule has 0 aromatic carbocycles. The fourth-order valence-electron chi connectivity index (χ4n) is 3.08. The molecule has 0 saturated carbocycles. The van der Waals surface area contributed by atoms with E-state index in [1.165, 1.54) is 12.1 Å². The Morgan fingerprint density at radius 1 is 1.48 bits per heavy atom. The van der Waals surface area contributed by atoms with Crippen LogP contribution in [0.5, 0.6) is 0 Å². The summed E-state index contributed by atoms with van der Waals surface area (Å²) in [7, 11) is 0.